The topological polar surface area (TPSA) is 15.3 Å². The smallest absolute Gasteiger partial charge is 0.251 e. The van der Waals surface area contributed by atoms with Crippen LogP contribution in [-0.2, 0) is 0 Å². The number of thioether (sulfide) groups is 1. The average Bonchev–Trinajstić information content (AvgIpc) is 2.88. The molecular formula is C15H22F2N2S2. The van der Waals surface area contributed by atoms with Crippen molar-refractivity contribution >= 4 is 23.1 Å². The van der Waals surface area contributed by atoms with Crippen LogP contribution < -0.4 is 5.32 Å². The summed E-state index contributed by atoms with van der Waals surface area (Å²) in [5.74, 6) is 0. The van der Waals surface area contributed by atoms with E-state index in [1.807, 2.05) is 28.0 Å². The number of piperidine rings is 1. The van der Waals surface area contributed by atoms with Crippen LogP contribution >= 0.6 is 23.1 Å². The molecular weight excluding hydrogens is 310 g/mol. The lowest BCUT2D eigenvalue weighted by Crippen LogP contribution is -2.45. The predicted molar refractivity (Wildman–Crippen MR) is 85.6 cm³/mol. The van der Waals surface area contributed by atoms with E-state index < -0.39 is 6.43 Å². The van der Waals surface area contributed by atoms with Gasteiger partial charge in [-0.05, 0) is 49.4 Å². The Morgan fingerprint density at radius 3 is 2.86 bits per heavy atom. The lowest BCUT2D eigenvalue weighted by atomic mass is 9.99. The molecule has 0 aliphatic carbocycles. The molecule has 0 spiro atoms. The zero-order valence-corrected chi connectivity index (χ0v) is 13.9. The number of halogens is 2. The van der Waals surface area contributed by atoms with Crippen LogP contribution in [0.4, 0.5) is 8.78 Å². The fraction of sp³-hybridized carbons (Fsp3) is 0.733. The molecule has 6 heteroatoms. The van der Waals surface area contributed by atoms with Gasteiger partial charge in [-0.1, -0.05) is 6.92 Å². The molecule has 1 aromatic heterocycles. The average molecular weight is 332 g/mol. The van der Waals surface area contributed by atoms with E-state index in [1.54, 1.807) is 0 Å². The molecule has 1 N–H and O–H groups in total. The number of hydrogen-bond donors (Lipinski definition) is 1. The highest BCUT2D eigenvalue weighted by molar-refractivity contribution is 8.01. The Labute approximate surface area is 133 Å². The Morgan fingerprint density at radius 1 is 1.38 bits per heavy atom. The van der Waals surface area contributed by atoms with Crippen LogP contribution in [0.1, 0.15) is 37.8 Å². The first-order valence-electron chi connectivity index (χ1n) is 7.62. The number of alkyl halides is 2. The summed E-state index contributed by atoms with van der Waals surface area (Å²) in [5.41, 5.74) is 1.44. The molecule has 0 saturated carbocycles. The van der Waals surface area contributed by atoms with Crippen LogP contribution in [0.15, 0.2) is 15.7 Å². The van der Waals surface area contributed by atoms with E-state index in [0.717, 1.165) is 32.4 Å². The van der Waals surface area contributed by atoms with Gasteiger partial charge in [0.2, 0.25) is 0 Å². The predicted octanol–water partition coefficient (Wildman–Crippen LogP) is 3.99. The van der Waals surface area contributed by atoms with E-state index in [4.69, 9.17) is 0 Å². The van der Waals surface area contributed by atoms with Crippen LogP contribution in [0.3, 0.4) is 0 Å². The first-order valence-corrected chi connectivity index (χ1v) is 9.38. The zero-order valence-electron chi connectivity index (χ0n) is 12.2. The largest absolute Gasteiger partial charge is 0.307 e. The van der Waals surface area contributed by atoms with Gasteiger partial charge >= 0.3 is 0 Å². The number of rotatable bonds is 4. The Bertz CT molecular complexity index is 458. The van der Waals surface area contributed by atoms with Crippen molar-refractivity contribution < 1.29 is 8.78 Å². The van der Waals surface area contributed by atoms with Gasteiger partial charge in [0.1, 0.15) is 0 Å². The van der Waals surface area contributed by atoms with Gasteiger partial charge in [0.05, 0.1) is 10.8 Å². The quantitative estimate of drug-likeness (QED) is 0.897. The molecule has 0 radical (unpaired) electrons. The van der Waals surface area contributed by atoms with Gasteiger partial charge < -0.3 is 5.32 Å². The first-order chi connectivity index (χ1) is 10.1. The summed E-state index contributed by atoms with van der Waals surface area (Å²) < 4.78 is 26.3. The van der Waals surface area contributed by atoms with E-state index >= 15 is 0 Å². The number of thiophene rings is 1. The third-order valence-corrected chi connectivity index (χ3v) is 6.67. The van der Waals surface area contributed by atoms with Gasteiger partial charge in [0.25, 0.3) is 6.43 Å². The summed E-state index contributed by atoms with van der Waals surface area (Å²) in [7, 11) is 0. The fourth-order valence-electron chi connectivity index (χ4n) is 3.27. The lowest BCUT2D eigenvalue weighted by Gasteiger charge is -2.36. The van der Waals surface area contributed by atoms with E-state index in [-0.39, 0.29) is 6.54 Å². The molecule has 0 unspecified atom stereocenters. The van der Waals surface area contributed by atoms with Gasteiger partial charge in [-0.3, -0.25) is 4.90 Å². The molecule has 2 aliphatic heterocycles. The summed E-state index contributed by atoms with van der Waals surface area (Å²) in [4.78, 5) is 1.89. The van der Waals surface area contributed by atoms with Crippen molar-refractivity contribution in [3.05, 3.63) is 17.0 Å². The van der Waals surface area contributed by atoms with E-state index in [0.29, 0.717) is 17.3 Å². The minimum absolute atomic E-state index is 0.0709. The number of likely N-dealkylation sites (tertiary alicyclic amines) is 1. The number of hydrogen-bond acceptors (Lipinski definition) is 4. The minimum atomic E-state index is -2.21. The maximum atomic E-state index is 12.4. The molecule has 21 heavy (non-hydrogen) atoms. The number of nitrogens with one attached hydrogen (secondary N) is 1. The second kappa shape index (κ2) is 6.94. The normalized spacial score (nSPS) is 28.0. The molecule has 118 valence electrons. The van der Waals surface area contributed by atoms with Crippen molar-refractivity contribution in [2.45, 2.75) is 54.2 Å². The Morgan fingerprint density at radius 2 is 2.14 bits per heavy atom. The maximum absolute atomic E-state index is 12.4. The Balaban J connectivity index is 1.54. The van der Waals surface area contributed by atoms with Crippen molar-refractivity contribution in [2.24, 2.45) is 0 Å². The molecule has 2 nitrogen and oxygen atoms in total. The van der Waals surface area contributed by atoms with Gasteiger partial charge in [0, 0.05) is 17.3 Å². The number of fused-ring (bicyclic) bond motifs is 1. The highest BCUT2D eigenvalue weighted by Gasteiger charge is 2.29. The maximum Gasteiger partial charge on any atom is 0.251 e. The summed E-state index contributed by atoms with van der Waals surface area (Å²) in [6.07, 6.45) is 0.902. The van der Waals surface area contributed by atoms with Crippen molar-refractivity contribution in [3.63, 3.8) is 0 Å². The third kappa shape index (κ3) is 3.97. The summed E-state index contributed by atoms with van der Waals surface area (Å²) in [6.45, 7) is 3.79. The third-order valence-electron chi connectivity index (χ3n) is 4.33. The molecule has 3 rings (SSSR count). The van der Waals surface area contributed by atoms with Crippen molar-refractivity contribution in [2.75, 3.05) is 19.6 Å². The molecule has 0 aromatic carbocycles. The highest BCUT2D eigenvalue weighted by Crippen LogP contribution is 2.44. The highest BCUT2D eigenvalue weighted by atomic mass is 32.2. The Kier molecular flexibility index (Phi) is 5.19. The van der Waals surface area contributed by atoms with Crippen LogP contribution in [0, 0.1) is 0 Å². The van der Waals surface area contributed by atoms with Crippen molar-refractivity contribution in [1.82, 2.24) is 10.2 Å². The van der Waals surface area contributed by atoms with Crippen molar-refractivity contribution in [1.29, 1.82) is 0 Å². The summed E-state index contributed by atoms with van der Waals surface area (Å²) in [6, 6.07) is 3.14. The molecule has 0 bridgehead atoms. The SMILES string of the molecule is C[C@H]1C[C@@H](NC2CCN(CC(F)F)CC2)c2ccsc2S1. The fourth-order valence-corrected chi connectivity index (χ4v) is 5.84. The minimum Gasteiger partial charge on any atom is -0.307 e. The Hall–Kier alpha value is -0.170. The van der Waals surface area contributed by atoms with Gasteiger partial charge in [0.15, 0.2) is 0 Å². The second-order valence-electron chi connectivity index (χ2n) is 6.01. The van der Waals surface area contributed by atoms with Gasteiger partial charge in [-0.15, -0.1) is 23.1 Å². The van der Waals surface area contributed by atoms with E-state index in [9.17, 15) is 8.78 Å². The molecule has 2 atom stereocenters. The van der Waals surface area contributed by atoms with Gasteiger partial charge in [-0.25, -0.2) is 8.78 Å². The summed E-state index contributed by atoms with van der Waals surface area (Å²) in [5, 5.41) is 6.61. The standard InChI is InChI=1S/C15H22F2N2S2/c1-10-8-13(12-4-7-20-15(12)21-10)18-11-2-5-19(6-3-11)9-14(16)17/h4,7,10-11,13-14,18H,2-3,5-6,8-9H2,1H3/t10-,13+/m0/s1. The van der Waals surface area contributed by atoms with Crippen LogP contribution in [0.25, 0.3) is 0 Å². The van der Waals surface area contributed by atoms with Crippen LogP contribution in [0.2, 0.25) is 0 Å². The lowest BCUT2D eigenvalue weighted by molar-refractivity contribution is 0.0718. The molecule has 1 aromatic rings. The van der Waals surface area contributed by atoms with E-state index in [1.165, 1.54) is 9.77 Å². The first kappa shape index (κ1) is 15.7. The zero-order chi connectivity index (χ0) is 14.8. The second-order valence-corrected chi connectivity index (χ2v) is 8.64. The summed E-state index contributed by atoms with van der Waals surface area (Å²) >= 11 is 3.81. The monoisotopic (exact) mass is 332 g/mol. The van der Waals surface area contributed by atoms with Crippen LogP contribution in [0.5, 0.6) is 0 Å². The van der Waals surface area contributed by atoms with Gasteiger partial charge in [-0.2, -0.15) is 0 Å². The molecule has 2 aliphatic rings. The molecule has 3 heterocycles. The van der Waals surface area contributed by atoms with Crippen molar-refractivity contribution in [3.8, 4) is 0 Å². The number of nitrogens with zero attached hydrogens (tertiary/aromatic N) is 1. The van der Waals surface area contributed by atoms with E-state index in [2.05, 4.69) is 23.7 Å². The molecule has 1 saturated heterocycles. The molecule has 1 fully saturated rings. The molecule has 0 amide bonds. The van der Waals surface area contributed by atoms with Crippen LogP contribution in [-0.4, -0.2) is 42.3 Å².